The van der Waals surface area contributed by atoms with Crippen LogP contribution in [0.4, 0.5) is 0 Å². The van der Waals surface area contributed by atoms with Gasteiger partial charge in [-0.05, 0) is 0 Å². The molecule has 0 aliphatic carbocycles. The Balaban J connectivity index is 3.91. The summed E-state index contributed by atoms with van der Waals surface area (Å²) >= 11 is -1.13. The molecule has 0 rings (SSSR count). The average Bonchev–Trinajstić information content (AvgIpc) is 3.07. The number of hydrogen-bond acceptors (Lipinski definition) is 0. The molecular formula is C45H93Sn. The molecular weight excluding hydrogens is 659 g/mol. The molecule has 0 saturated carbocycles. The molecule has 0 aromatic carbocycles. The van der Waals surface area contributed by atoms with Gasteiger partial charge in [0.05, 0.1) is 0 Å². The van der Waals surface area contributed by atoms with E-state index < -0.39 is 19.8 Å². The fourth-order valence-corrected chi connectivity index (χ4v) is 16.1. The van der Waals surface area contributed by atoms with Gasteiger partial charge in [0.1, 0.15) is 0 Å². The van der Waals surface area contributed by atoms with Gasteiger partial charge in [0, 0.05) is 0 Å². The second-order valence-electron chi connectivity index (χ2n) is 15.7. The molecule has 0 unspecified atom stereocenters. The van der Waals surface area contributed by atoms with Crippen LogP contribution < -0.4 is 0 Å². The van der Waals surface area contributed by atoms with Crippen molar-refractivity contribution in [1.29, 1.82) is 0 Å². The summed E-state index contributed by atoms with van der Waals surface area (Å²) in [5.41, 5.74) is 0. The Morgan fingerprint density at radius 2 is 0.304 bits per heavy atom. The summed E-state index contributed by atoms with van der Waals surface area (Å²) in [6, 6.07) is 0. The van der Waals surface area contributed by atoms with Crippen molar-refractivity contribution in [3.63, 3.8) is 0 Å². The van der Waals surface area contributed by atoms with E-state index in [0.29, 0.717) is 0 Å². The van der Waals surface area contributed by atoms with Crippen LogP contribution in [-0.2, 0) is 0 Å². The van der Waals surface area contributed by atoms with Crippen molar-refractivity contribution < 1.29 is 0 Å². The maximum absolute atomic E-state index is 2.32. The molecule has 1 radical (unpaired) electrons. The van der Waals surface area contributed by atoms with Crippen molar-refractivity contribution in [1.82, 2.24) is 0 Å². The predicted molar refractivity (Wildman–Crippen MR) is 217 cm³/mol. The number of hydrogen-bond donors (Lipinski definition) is 0. The Morgan fingerprint density at radius 1 is 0.174 bits per heavy atom. The summed E-state index contributed by atoms with van der Waals surface area (Å²) in [6.07, 6.45) is 58.5. The van der Waals surface area contributed by atoms with Gasteiger partial charge in [-0.15, -0.1) is 0 Å². The molecule has 0 aromatic heterocycles. The van der Waals surface area contributed by atoms with Crippen LogP contribution in [0.2, 0.25) is 13.3 Å². The second-order valence-corrected chi connectivity index (χ2v) is 24.3. The zero-order chi connectivity index (χ0) is 33.3. The van der Waals surface area contributed by atoms with Gasteiger partial charge in [-0.1, -0.05) is 59.3 Å². The third-order valence-corrected chi connectivity index (χ3v) is 20.0. The molecule has 0 fully saturated rings. The van der Waals surface area contributed by atoms with Crippen LogP contribution in [0.3, 0.4) is 0 Å². The molecule has 0 amide bonds. The molecule has 0 bridgehead atoms. The van der Waals surface area contributed by atoms with E-state index in [1.54, 1.807) is 51.8 Å². The molecule has 0 heterocycles. The first-order valence-electron chi connectivity index (χ1n) is 22.7. The Kier molecular flexibility index (Phi) is 44.6. The SMILES string of the molecule is CCCCCCCCCCCCCC[CH2][Sn]([CH2]CCCCCCCCCCCCCC)[CH2]CCCCCCCCCCCCCC. The van der Waals surface area contributed by atoms with Gasteiger partial charge in [-0.25, -0.2) is 0 Å². The van der Waals surface area contributed by atoms with Gasteiger partial charge < -0.3 is 0 Å². The van der Waals surface area contributed by atoms with Crippen molar-refractivity contribution in [2.24, 2.45) is 0 Å². The van der Waals surface area contributed by atoms with Crippen molar-refractivity contribution in [2.45, 2.75) is 284 Å². The molecule has 0 spiro atoms. The normalized spacial score (nSPS) is 11.7. The Hall–Kier alpha value is 0.799. The minimum atomic E-state index is -1.13. The van der Waals surface area contributed by atoms with E-state index >= 15 is 0 Å². The summed E-state index contributed by atoms with van der Waals surface area (Å²) in [6.45, 7) is 6.97. The van der Waals surface area contributed by atoms with Crippen LogP contribution in [0.1, 0.15) is 271 Å². The summed E-state index contributed by atoms with van der Waals surface area (Å²) in [7, 11) is 0. The Bertz CT molecular complexity index is 430. The molecule has 0 N–H and O–H groups in total. The summed E-state index contributed by atoms with van der Waals surface area (Å²) in [5.74, 6) is 0. The topological polar surface area (TPSA) is 0 Å². The molecule has 277 valence electrons. The molecule has 0 aromatic rings. The number of unbranched alkanes of at least 4 members (excludes halogenated alkanes) is 36. The van der Waals surface area contributed by atoms with Crippen LogP contribution in [-0.4, -0.2) is 19.8 Å². The van der Waals surface area contributed by atoms with Crippen molar-refractivity contribution in [3.05, 3.63) is 0 Å². The fraction of sp³-hybridized carbons (Fsp3) is 1.00. The summed E-state index contributed by atoms with van der Waals surface area (Å²) in [5, 5.41) is 0. The minimum absolute atomic E-state index is 1.13. The zero-order valence-electron chi connectivity index (χ0n) is 33.2. The average molecular weight is 753 g/mol. The predicted octanol–water partition coefficient (Wildman–Crippen LogP) is 17.8. The third kappa shape index (κ3) is 41.0. The smallest absolute Gasteiger partial charge is 0.0654 e. The van der Waals surface area contributed by atoms with Crippen LogP contribution in [0, 0.1) is 0 Å². The first-order valence-corrected chi connectivity index (χ1v) is 28.7. The standard InChI is InChI=1S/3C15H31.Sn/c3*1-3-5-7-9-11-13-15-14-12-10-8-6-4-2;/h3*1,3-15H2,2H3;. The van der Waals surface area contributed by atoms with E-state index in [0.717, 1.165) is 0 Å². The van der Waals surface area contributed by atoms with Gasteiger partial charge >= 0.3 is 245 Å². The van der Waals surface area contributed by atoms with Crippen LogP contribution in [0.15, 0.2) is 0 Å². The monoisotopic (exact) mass is 754 g/mol. The minimum Gasteiger partial charge on any atom is -0.0654 e. The van der Waals surface area contributed by atoms with Crippen LogP contribution >= 0.6 is 0 Å². The first-order chi connectivity index (χ1) is 22.8. The molecule has 0 aliphatic heterocycles. The third-order valence-electron chi connectivity index (χ3n) is 10.9. The van der Waals surface area contributed by atoms with Crippen LogP contribution in [0.5, 0.6) is 0 Å². The van der Waals surface area contributed by atoms with E-state index in [1.165, 1.54) is 212 Å². The molecule has 0 nitrogen and oxygen atoms in total. The van der Waals surface area contributed by atoms with Gasteiger partial charge in [-0.3, -0.25) is 0 Å². The molecule has 0 saturated heterocycles. The Morgan fingerprint density at radius 3 is 0.457 bits per heavy atom. The van der Waals surface area contributed by atoms with Gasteiger partial charge in [0.15, 0.2) is 0 Å². The van der Waals surface area contributed by atoms with E-state index in [-0.39, 0.29) is 0 Å². The van der Waals surface area contributed by atoms with Gasteiger partial charge in [0.25, 0.3) is 0 Å². The van der Waals surface area contributed by atoms with Gasteiger partial charge in [-0.2, -0.15) is 0 Å². The van der Waals surface area contributed by atoms with E-state index in [4.69, 9.17) is 0 Å². The van der Waals surface area contributed by atoms with Crippen LogP contribution in [0.25, 0.3) is 0 Å². The number of rotatable bonds is 42. The van der Waals surface area contributed by atoms with E-state index in [9.17, 15) is 0 Å². The van der Waals surface area contributed by atoms with Crippen molar-refractivity contribution in [2.75, 3.05) is 0 Å². The Labute approximate surface area is 302 Å². The molecule has 0 aliphatic rings. The molecule has 1 heteroatoms. The molecule has 46 heavy (non-hydrogen) atoms. The van der Waals surface area contributed by atoms with E-state index in [1.807, 2.05) is 0 Å². The summed E-state index contributed by atoms with van der Waals surface area (Å²) < 4.78 is 5.20. The van der Waals surface area contributed by atoms with Gasteiger partial charge in [0.2, 0.25) is 0 Å². The second kappa shape index (κ2) is 43.8. The zero-order valence-corrected chi connectivity index (χ0v) is 36.1. The fourth-order valence-electron chi connectivity index (χ4n) is 7.55. The van der Waals surface area contributed by atoms with Crippen molar-refractivity contribution >= 4 is 19.8 Å². The molecule has 0 atom stereocenters. The van der Waals surface area contributed by atoms with Crippen molar-refractivity contribution in [3.8, 4) is 0 Å². The quantitative estimate of drug-likeness (QED) is 0.0430. The van der Waals surface area contributed by atoms with E-state index in [2.05, 4.69) is 20.8 Å². The maximum atomic E-state index is 2.32. The first kappa shape index (κ1) is 46.8. The summed E-state index contributed by atoms with van der Waals surface area (Å²) in [4.78, 5) is 0.